The van der Waals surface area contributed by atoms with Crippen molar-refractivity contribution in [1.29, 1.82) is 0 Å². The molecule has 0 spiro atoms. The van der Waals surface area contributed by atoms with Crippen LogP contribution in [0, 0.1) is 11.8 Å². The van der Waals surface area contributed by atoms with Gasteiger partial charge in [-0.15, -0.1) is 0 Å². The fourth-order valence-corrected chi connectivity index (χ4v) is 3.38. The van der Waals surface area contributed by atoms with Gasteiger partial charge in [0.05, 0.1) is 6.10 Å². The van der Waals surface area contributed by atoms with Crippen LogP contribution in [0.2, 0.25) is 0 Å². The minimum atomic E-state index is -0.304. The standard InChI is InChI=1S/C23H25O2/c1-23(2,3)22(24-17-9-5-4-6-10-17)25-21-14-13-16-15-20(16)18-11-7-8-12-19(18)21/h4-12,15,21-22H,13-14H2,1-3H3. The van der Waals surface area contributed by atoms with Gasteiger partial charge < -0.3 is 9.47 Å². The number of allylic oxidation sites excluding steroid dienone is 2. The van der Waals surface area contributed by atoms with Gasteiger partial charge in [0.15, 0.2) is 0 Å². The summed E-state index contributed by atoms with van der Waals surface area (Å²) in [6, 6.07) is 18.6. The highest BCUT2D eigenvalue weighted by molar-refractivity contribution is 5.94. The number of hydrogen-bond acceptors (Lipinski definition) is 2. The number of hydrogen-bond donors (Lipinski definition) is 0. The average molecular weight is 333 g/mol. The molecule has 2 nitrogen and oxygen atoms in total. The van der Waals surface area contributed by atoms with Crippen molar-refractivity contribution in [3.63, 3.8) is 0 Å². The Balaban J connectivity index is 1.59. The highest BCUT2D eigenvalue weighted by atomic mass is 16.7. The minimum absolute atomic E-state index is 0.0605. The van der Waals surface area contributed by atoms with Crippen LogP contribution in [0.3, 0.4) is 0 Å². The van der Waals surface area contributed by atoms with Gasteiger partial charge in [-0.3, -0.25) is 0 Å². The first kappa shape index (κ1) is 16.4. The van der Waals surface area contributed by atoms with E-state index in [1.807, 2.05) is 30.3 Å². The minimum Gasteiger partial charge on any atom is -0.464 e. The van der Waals surface area contributed by atoms with Crippen LogP contribution in [0.5, 0.6) is 5.75 Å². The molecule has 2 aromatic carbocycles. The molecule has 2 unspecified atom stereocenters. The van der Waals surface area contributed by atoms with Gasteiger partial charge in [-0.2, -0.15) is 0 Å². The zero-order valence-electron chi connectivity index (χ0n) is 15.2. The van der Waals surface area contributed by atoms with Crippen LogP contribution in [-0.4, -0.2) is 6.29 Å². The van der Waals surface area contributed by atoms with Crippen molar-refractivity contribution in [3.05, 3.63) is 77.7 Å². The number of ether oxygens (including phenoxy) is 2. The van der Waals surface area contributed by atoms with E-state index in [0.717, 1.165) is 18.6 Å². The summed E-state index contributed by atoms with van der Waals surface area (Å²) in [6.07, 6.45) is 4.14. The van der Waals surface area contributed by atoms with E-state index in [0.29, 0.717) is 0 Å². The van der Waals surface area contributed by atoms with Gasteiger partial charge in [-0.05, 0) is 41.7 Å². The van der Waals surface area contributed by atoms with E-state index in [4.69, 9.17) is 9.47 Å². The van der Waals surface area contributed by atoms with Crippen molar-refractivity contribution >= 4 is 5.57 Å². The number of para-hydroxylation sites is 1. The second kappa shape index (κ2) is 6.34. The fraction of sp³-hybridized carbons (Fsp3) is 0.348. The Labute approximate surface area is 150 Å². The van der Waals surface area contributed by atoms with Crippen molar-refractivity contribution in [2.24, 2.45) is 5.41 Å². The summed E-state index contributed by atoms with van der Waals surface area (Å²) in [4.78, 5) is 0. The lowest BCUT2D eigenvalue weighted by Crippen LogP contribution is -2.36. The van der Waals surface area contributed by atoms with E-state index in [1.165, 1.54) is 22.3 Å². The van der Waals surface area contributed by atoms with E-state index in [2.05, 4.69) is 51.5 Å². The third kappa shape index (κ3) is 3.50. The second-order valence-corrected chi connectivity index (χ2v) is 7.96. The topological polar surface area (TPSA) is 18.5 Å². The number of benzene rings is 2. The Bertz CT molecular complexity index is 783. The third-order valence-electron chi connectivity index (χ3n) is 4.84. The quantitative estimate of drug-likeness (QED) is 0.643. The summed E-state index contributed by atoms with van der Waals surface area (Å²) in [7, 11) is 0. The average Bonchev–Trinajstić information content (AvgIpc) is 3.37. The summed E-state index contributed by atoms with van der Waals surface area (Å²) in [5.74, 6) is 0.851. The molecule has 4 rings (SSSR count). The molecule has 2 heteroatoms. The summed E-state index contributed by atoms with van der Waals surface area (Å²) in [6.45, 7) is 6.49. The van der Waals surface area contributed by atoms with Crippen LogP contribution >= 0.6 is 0 Å². The Hall–Kier alpha value is -2.06. The maximum Gasteiger partial charge on any atom is 0.205 e. The summed E-state index contributed by atoms with van der Waals surface area (Å²) in [5.41, 5.74) is 5.39. The van der Waals surface area contributed by atoms with E-state index >= 15 is 0 Å². The molecule has 2 aliphatic carbocycles. The maximum atomic E-state index is 6.57. The van der Waals surface area contributed by atoms with Crippen LogP contribution in [0.4, 0.5) is 0 Å². The first-order valence-corrected chi connectivity index (χ1v) is 9.07. The molecule has 2 aromatic rings. The number of rotatable bonds is 4. The summed E-state index contributed by atoms with van der Waals surface area (Å²) >= 11 is 0. The zero-order chi connectivity index (χ0) is 17.4. The van der Waals surface area contributed by atoms with Gasteiger partial charge in [0.1, 0.15) is 5.75 Å². The molecular formula is C23H25O2. The molecular weight excluding hydrogens is 308 g/mol. The third-order valence-corrected chi connectivity index (χ3v) is 4.84. The van der Waals surface area contributed by atoms with Crippen molar-refractivity contribution in [2.75, 3.05) is 0 Å². The molecule has 129 valence electrons. The molecule has 0 heterocycles. The molecule has 2 atom stereocenters. The lowest BCUT2D eigenvalue weighted by molar-refractivity contribution is -0.174. The normalized spacial score (nSPS) is 20.4. The fourth-order valence-electron chi connectivity index (χ4n) is 3.38. The number of fused-ring (bicyclic) bond motifs is 2. The van der Waals surface area contributed by atoms with E-state index < -0.39 is 0 Å². The molecule has 0 aliphatic heterocycles. The van der Waals surface area contributed by atoms with Crippen molar-refractivity contribution < 1.29 is 9.47 Å². The van der Waals surface area contributed by atoms with Gasteiger partial charge in [-0.1, -0.05) is 68.8 Å². The van der Waals surface area contributed by atoms with Crippen LogP contribution in [0.15, 0.2) is 60.2 Å². The van der Waals surface area contributed by atoms with E-state index in [9.17, 15) is 0 Å². The molecule has 0 saturated heterocycles. The smallest absolute Gasteiger partial charge is 0.205 e. The van der Waals surface area contributed by atoms with Crippen LogP contribution in [-0.2, 0) is 4.74 Å². The lowest BCUT2D eigenvalue weighted by Gasteiger charge is -2.34. The van der Waals surface area contributed by atoms with Crippen LogP contribution < -0.4 is 4.74 Å². The second-order valence-electron chi connectivity index (χ2n) is 7.96. The van der Waals surface area contributed by atoms with Gasteiger partial charge in [0, 0.05) is 11.8 Å². The highest BCUT2D eigenvalue weighted by Gasteiger charge is 2.36. The SMILES string of the molecule is CC(C)(C)C(Oc1ccccc1)OC1CCC2=C([CH]2)c2ccccc21. The molecule has 0 aromatic heterocycles. The monoisotopic (exact) mass is 333 g/mol. The van der Waals surface area contributed by atoms with Crippen molar-refractivity contribution in [3.8, 4) is 5.75 Å². The molecule has 0 bridgehead atoms. The van der Waals surface area contributed by atoms with Gasteiger partial charge in [0.25, 0.3) is 0 Å². The van der Waals surface area contributed by atoms with Gasteiger partial charge in [-0.25, -0.2) is 0 Å². The van der Waals surface area contributed by atoms with Gasteiger partial charge in [0.2, 0.25) is 6.29 Å². The Morgan fingerprint density at radius 3 is 2.44 bits per heavy atom. The molecule has 1 radical (unpaired) electrons. The molecule has 0 amide bonds. The van der Waals surface area contributed by atoms with Crippen molar-refractivity contribution in [1.82, 2.24) is 0 Å². The summed E-state index contributed by atoms with van der Waals surface area (Å²) < 4.78 is 12.8. The first-order chi connectivity index (χ1) is 12.0. The van der Waals surface area contributed by atoms with Crippen LogP contribution in [0.1, 0.15) is 50.8 Å². The van der Waals surface area contributed by atoms with Gasteiger partial charge >= 0.3 is 0 Å². The van der Waals surface area contributed by atoms with Crippen molar-refractivity contribution in [2.45, 2.75) is 46.0 Å². The first-order valence-electron chi connectivity index (χ1n) is 9.07. The maximum absolute atomic E-state index is 6.57. The van der Waals surface area contributed by atoms with Crippen LogP contribution in [0.25, 0.3) is 5.57 Å². The van der Waals surface area contributed by atoms with E-state index in [-0.39, 0.29) is 17.8 Å². The largest absolute Gasteiger partial charge is 0.464 e. The molecule has 2 aliphatic rings. The lowest BCUT2D eigenvalue weighted by atomic mass is 9.94. The Kier molecular flexibility index (Phi) is 4.16. The predicted molar refractivity (Wildman–Crippen MR) is 101 cm³/mol. The molecule has 0 fully saturated rings. The molecule has 0 saturated carbocycles. The Morgan fingerprint density at radius 1 is 0.960 bits per heavy atom. The summed E-state index contributed by atoms with van der Waals surface area (Å²) in [5, 5.41) is 0. The predicted octanol–water partition coefficient (Wildman–Crippen LogP) is 5.96. The highest BCUT2D eigenvalue weighted by Crippen LogP contribution is 2.49. The zero-order valence-corrected chi connectivity index (χ0v) is 15.2. The van der Waals surface area contributed by atoms with E-state index in [1.54, 1.807) is 0 Å². The Morgan fingerprint density at radius 2 is 1.68 bits per heavy atom. The molecule has 25 heavy (non-hydrogen) atoms. The molecule has 0 N–H and O–H groups in total.